The molecule has 4 N–H and O–H groups in total. The van der Waals surface area contributed by atoms with E-state index in [1.165, 1.54) is 11.6 Å². The molecule has 256 valence electrons. The van der Waals surface area contributed by atoms with Gasteiger partial charge in [0.2, 0.25) is 11.1 Å². The van der Waals surface area contributed by atoms with E-state index < -0.39 is 23.0 Å². The van der Waals surface area contributed by atoms with E-state index in [1.807, 2.05) is 66.7 Å². The molecule has 0 saturated heterocycles. The van der Waals surface area contributed by atoms with Gasteiger partial charge in [0.1, 0.15) is 12.4 Å². The number of carbonyl (C=O) groups excluding carboxylic acids is 1. The third kappa shape index (κ3) is 9.34. The molecule has 6 rings (SSSR count). The first-order chi connectivity index (χ1) is 24.8. The molecule has 0 saturated carbocycles. The Hall–Kier alpha value is -6.07. The SMILES string of the molecule is O=C(O)c1ccc(Cc2ccccc2)cc1C(=O)Nc1ccc(S(=O)Oc2ccc(Nc3cc(Cc4ccccc4)ccc3COO)cc2)cc1. The number of rotatable bonds is 14. The number of carboxylic acids is 1. The number of hydrogen-bond donors (Lipinski definition) is 4. The maximum Gasteiger partial charge on any atom is 0.336 e. The van der Waals surface area contributed by atoms with E-state index in [0.717, 1.165) is 40.0 Å². The Morgan fingerprint density at radius 3 is 1.82 bits per heavy atom. The molecule has 0 aliphatic carbocycles. The number of aromatic carboxylic acids is 1. The normalized spacial score (nSPS) is 11.4. The van der Waals surface area contributed by atoms with Crippen molar-refractivity contribution >= 4 is 40.0 Å². The molecular formula is C41H34N2O7S. The summed E-state index contributed by atoms with van der Waals surface area (Å²) in [5.74, 6) is -1.39. The average molecular weight is 699 g/mol. The number of amides is 1. The van der Waals surface area contributed by atoms with E-state index in [-0.39, 0.29) is 17.7 Å². The summed E-state index contributed by atoms with van der Waals surface area (Å²) in [6, 6.07) is 43.7. The zero-order valence-corrected chi connectivity index (χ0v) is 28.1. The summed E-state index contributed by atoms with van der Waals surface area (Å²) in [7, 11) is 0. The number of benzene rings is 6. The molecule has 0 fully saturated rings. The highest BCUT2D eigenvalue weighted by Gasteiger charge is 2.18. The molecule has 0 radical (unpaired) electrons. The molecule has 1 atom stereocenters. The topological polar surface area (TPSA) is 134 Å². The minimum atomic E-state index is -1.85. The standard InChI is InChI=1S/C41H34N2O7S/c44-40(38-25-30(12-22-37(38)41(45)46)23-28-7-3-1-4-8-28)43-34-16-20-36(21-17-34)51(48)50-35-18-14-33(15-19-35)42-39-26-31(11-13-32(39)27-49-47)24-29-9-5-2-6-10-29/h1-22,25-26,42,47H,23-24,27H2,(H,43,44)(H,45,46). The molecule has 1 unspecified atom stereocenters. The largest absolute Gasteiger partial charge is 0.478 e. The molecule has 1 amide bonds. The second-order valence-corrected chi connectivity index (χ2v) is 12.8. The smallest absolute Gasteiger partial charge is 0.336 e. The molecule has 0 bridgehead atoms. The summed E-state index contributed by atoms with van der Waals surface area (Å²) < 4.78 is 18.7. The fourth-order valence-corrected chi connectivity index (χ4v) is 6.26. The van der Waals surface area contributed by atoms with Crippen molar-refractivity contribution in [1.29, 1.82) is 0 Å². The van der Waals surface area contributed by atoms with Crippen LogP contribution in [-0.2, 0) is 35.4 Å². The molecule has 0 aliphatic rings. The summed E-state index contributed by atoms with van der Waals surface area (Å²) in [4.78, 5) is 29.9. The second-order valence-electron chi connectivity index (χ2n) is 11.7. The van der Waals surface area contributed by atoms with E-state index >= 15 is 0 Å². The number of anilines is 3. The van der Waals surface area contributed by atoms with Gasteiger partial charge in [-0.3, -0.25) is 10.1 Å². The first kappa shape index (κ1) is 34.8. The molecule has 0 spiro atoms. The summed E-state index contributed by atoms with van der Waals surface area (Å²) >= 11 is -1.85. The predicted molar refractivity (Wildman–Crippen MR) is 197 cm³/mol. The zero-order chi connectivity index (χ0) is 35.6. The zero-order valence-electron chi connectivity index (χ0n) is 27.3. The second kappa shape index (κ2) is 16.6. The molecule has 0 aliphatic heterocycles. The lowest BCUT2D eigenvalue weighted by molar-refractivity contribution is -0.252. The van der Waals surface area contributed by atoms with Crippen LogP contribution in [0.4, 0.5) is 17.1 Å². The summed E-state index contributed by atoms with van der Waals surface area (Å²) in [6.45, 7) is 0.0158. The van der Waals surface area contributed by atoms with E-state index in [9.17, 15) is 18.9 Å². The molecule has 6 aromatic rings. The molecule has 0 aromatic heterocycles. The van der Waals surface area contributed by atoms with Gasteiger partial charge in [0.25, 0.3) is 5.91 Å². The quantitative estimate of drug-likeness (QED) is 0.0656. The van der Waals surface area contributed by atoms with Crippen molar-refractivity contribution < 1.29 is 33.2 Å². The van der Waals surface area contributed by atoms with Crippen LogP contribution in [0, 0.1) is 0 Å². The van der Waals surface area contributed by atoms with Crippen LogP contribution >= 0.6 is 0 Å². The van der Waals surface area contributed by atoms with Gasteiger partial charge in [-0.2, -0.15) is 0 Å². The number of carbonyl (C=O) groups is 2. The highest BCUT2D eigenvalue weighted by molar-refractivity contribution is 7.80. The molecule has 10 heteroatoms. The van der Waals surface area contributed by atoms with Crippen molar-refractivity contribution in [3.8, 4) is 5.75 Å². The van der Waals surface area contributed by atoms with Crippen molar-refractivity contribution in [2.75, 3.05) is 10.6 Å². The Balaban J connectivity index is 1.08. The first-order valence-corrected chi connectivity index (χ1v) is 17.1. The molecule has 0 heterocycles. The number of carboxylic acid groups (broad SMARTS) is 1. The minimum Gasteiger partial charge on any atom is -0.478 e. The molecule has 51 heavy (non-hydrogen) atoms. The Kier molecular flexibility index (Phi) is 11.3. The van der Waals surface area contributed by atoms with Crippen LogP contribution in [0.15, 0.2) is 150 Å². The Morgan fingerprint density at radius 1 is 0.627 bits per heavy atom. The lowest BCUT2D eigenvalue weighted by Crippen LogP contribution is -2.17. The Bertz CT molecular complexity index is 2140. The summed E-state index contributed by atoms with van der Waals surface area (Å²) in [5, 5.41) is 24.9. The predicted octanol–water partition coefficient (Wildman–Crippen LogP) is 8.65. The van der Waals surface area contributed by atoms with Crippen molar-refractivity contribution in [1.82, 2.24) is 0 Å². The average Bonchev–Trinajstić information content (AvgIpc) is 3.14. The van der Waals surface area contributed by atoms with Gasteiger partial charge in [-0.1, -0.05) is 78.9 Å². The fraction of sp³-hybridized carbons (Fsp3) is 0.0732. The van der Waals surface area contributed by atoms with Crippen LogP contribution in [0.25, 0.3) is 0 Å². The van der Waals surface area contributed by atoms with Crippen molar-refractivity contribution in [3.05, 3.63) is 185 Å². The van der Waals surface area contributed by atoms with Crippen molar-refractivity contribution in [3.63, 3.8) is 0 Å². The maximum absolute atomic E-state index is 13.2. The van der Waals surface area contributed by atoms with Gasteiger partial charge >= 0.3 is 5.97 Å². The van der Waals surface area contributed by atoms with Gasteiger partial charge < -0.3 is 19.9 Å². The van der Waals surface area contributed by atoms with Gasteiger partial charge in [-0.05, 0) is 102 Å². The Morgan fingerprint density at radius 2 is 1.22 bits per heavy atom. The minimum absolute atomic E-state index is 0.0158. The highest BCUT2D eigenvalue weighted by Crippen LogP contribution is 2.27. The third-order valence-corrected chi connectivity index (χ3v) is 9.07. The Labute approximate surface area is 297 Å². The van der Waals surface area contributed by atoms with E-state index in [0.29, 0.717) is 22.8 Å². The summed E-state index contributed by atoms with van der Waals surface area (Å²) in [5.41, 5.74) is 6.75. The monoisotopic (exact) mass is 698 g/mol. The molecule has 6 aromatic carbocycles. The fourth-order valence-electron chi connectivity index (χ4n) is 5.52. The van der Waals surface area contributed by atoms with Gasteiger partial charge in [0.05, 0.1) is 16.0 Å². The molecular weight excluding hydrogens is 665 g/mol. The first-order valence-electron chi connectivity index (χ1n) is 16.1. The van der Waals surface area contributed by atoms with E-state index in [4.69, 9.17) is 9.44 Å². The van der Waals surface area contributed by atoms with Crippen LogP contribution < -0.4 is 14.8 Å². The summed E-state index contributed by atoms with van der Waals surface area (Å²) in [6.07, 6.45) is 1.29. The van der Waals surface area contributed by atoms with Crippen LogP contribution in [0.2, 0.25) is 0 Å². The van der Waals surface area contributed by atoms with Gasteiger partial charge in [-0.15, -0.1) is 0 Å². The van der Waals surface area contributed by atoms with Crippen LogP contribution in [-0.4, -0.2) is 26.4 Å². The van der Waals surface area contributed by atoms with Gasteiger partial charge in [0.15, 0.2) is 0 Å². The lowest BCUT2D eigenvalue weighted by atomic mass is 9.98. The highest BCUT2D eigenvalue weighted by atomic mass is 32.2. The van der Waals surface area contributed by atoms with Crippen molar-refractivity contribution in [2.24, 2.45) is 0 Å². The number of nitrogens with one attached hydrogen (secondary N) is 2. The van der Waals surface area contributed by atoms with Crippen LogP contribution in [0.1, 0.15) is 48.5 Å². The van der Waals surface area contributed by atoms with Crippen molar-refractivity contribution in [2.45, 2.75) is 24.3 Å². The van der Waals surface area contributed by atoms with E-state index in [1.54, 1.807) is 60.7 Å². The maximum atomic E-state index is 13.2. The van der Waals surface area contributed by atoms with Gasteiger partial charge in [0, 0.05) is 22.6 Å². The molecule has 9 nitrogen and oxygen atoms in total. The van der Waals surface area contributed by atoms with E-state index in [2.05, 4.69) is 27.7 Å². The third-order valence-electron chi connectivity index (χ3n) is 8.07. The lowest BCUT2D eigenvalue weighted by Gasteiger charge is -2.14. The number of hydrogen-bond acceptors (Lipinski definition) is 7. The van der Waals surface area contributed by atoms with Crippen LogP contribution in [0.3, 0.4) is 0 Å². The van der Waals surface area contributed by atoms with Gasteiger partial charge in [-0.25, -0.2) is 13.9 Å². The van der Waals surface area contributed by atoms with Crippen LogP contribution in [0.5, 0.6) is 5.75 Å².